The molecule has 1 saturated heterocycles. The minimum atomic E-state index is 0. The Labute approximate surface area is 189 Å². The lowest BCUT2D eigenvalue weighted by Crippen LogP contribution is -2.08. The Morgan fingerprint density at radius 2 is 1.94 bits per heavy atom. The maximum Gasteiger partial charge on any atom is 0.231 e. The summed E-state index contributed by atoms with van der Waals surface area (Å²) in [5.41, 5.74) is 4.18. The molecule has 0 bridgehead atoms. The van der Waals surface area contributed by atoms with Crippen molar-refractivity contribution in [3.8, 4) is 11.4 Å². The van der Waals surface area contributed by atoms with Crippen LogP contribution < -0.4 is 5.32 Å². The van der Waals surface area contributed by atoms with Crippen LogP contribution >= 0.6 is 12.4 Å². The summed E-state index contributed by atoms with van der Waals surface area (Å²) in [7, 11) is 0. The zero-order valence-corrected chi connectivity index (χ0v) is 18.6. The van der Waals surface area contributed by atoms with Gasteiger partial charge in [0.1, 0.15) is 6.61 Å². The van der Waals surface area contributed by atoms with Crippen LogP contribution in [0.1, 0.15) is 49.1 Å². The monoisotopic (exact) mass is 440 g/mol. The predicted molar refractivity (Wildman–Crippen MR) is 125 cm³/mol. The Morgan fingerprint density at radius 3 is 2.68 bits per heavy atom. The molecule has 1 fully saturated rings. The number of nitrogens with one attached hydrogen (secondary N) is 1. The van der Waals surface area contributed by atoms with Gasteiger partial charge in [0.25, 0.3) is 0 Å². The zero-order valence-electron chi connectivity index (χ0n) is 17.8. The van der Waals surface area contributed by atoms with Crippen molar-refractivity contribution >= 4 is 18.1 Å². The van der Waals surface area contributed by atoms with Gasteiger partial charge in [0, 0.05) is 12.1 Å². The van der Waals surface area contributed by atoms with E-state index in [-0.39, 0.29) is 12.4 Å². The van der Waals surface area contributed by atoms with Gasteiger partial charge in [0.15, 0.2) is 0 Å². The second kappa shape index (κ2) is 11.6. The van der Waals surface area contributed by atoms with Gasteiger partial charge in [-0.2, -0.15) is 4.98 Å². The van der Waals surface area contributed by atoms with Crippen LogP contribution in [0, 0.1) is 0 Å². The minimum Gasteiger partial charge on any atom is -0.396 e. The van der Waals surface area contributed by atoms with E-state index in [9.17, 15) is 0 Å². The van der Waals surface area contributed by atoms with E-state index in [1.54, 1.807) is 0 Å². The van der Waals surface area contributed by atoms with Crippen molar-refractivity contribution in [3.05, 3.63) is 71.6 Å². The first-order chi connectivity index (χ1) is 14.8. The zero-order chi connectivity index (χ0) is 20.6. The van der Waals surface area contributed by atoms with Crippen LogP contribution in [0.15, 0.2) is 64.3 Å². The van der Waals surface area contributed by atoms with Gasteiger partial charge in [-0.1, -0.05) is 64.9 Å². The number of benzene rings is 2. The summed E-state index contributed by atoms with van der Waals surface area (Å²) in [5.74, 6) is 1.68. The van der Waals surface area contributed by atoms with Gasteiger partial charge in [0.2, 0.25) is 11.7 Å². The molecule has 164 valence electrons. The van der Waals surface area contributed by atoms with E-state index >= 15 is 0 Å². The summed E-state index contributed by atoms with van der Waals surface area (Å²) in [6, 6.07) is 18.5. The van der Waals surface area contributed by atoms with Gasteiger partial charge in [-0.3, -0.25) is 0 Å². The molecular formula is C24H29ClN4O2. The molecule has 6 nitrogen and oxygen atoms in total. The van der Waals surface area contributed by atoms with Crippen LogP contribution in [0.25, 0.3) is 11.4 Å². The molecular weight excluding hydrogens is 412 g/mol. The molecule has 1 aliphatic rings. The third kappa shape index (κ3) is 6.39. The van der Waals surface area contributed by atoms with Crippen molar-refractivity contribution < 1.29 is 9.36 Å². The van der Waals surface area contributed by atoms with E-state index in [1.807, 2.05) is 37.3 Å². The van der Waals surface area contributed by atoms with Gasteiger partial charge >= 0.3 is 0 Å². The second-order valence-electron chi connectivity index (χ2n) is 7.68. The summed E-state index contributed by atoms with van der Waals surface area (Å²) < 4.78 is 5.45. The molecule has 0 saturated carbocycles. The maximum atomic E-state index is 5.51. The van der Waals surface area contributed by atoms with Gasteiger partial charge in [-0.05, 0) is 50.3 Å². The molecule has 3 aromatic rings. The summed E-state index contributed by atoms with van der Waals surface area (Å²) in [6.07, 6.45) is 4.20. The fourth-order valence-corrected chi connectivity index (χ4v) is 3.58. The first-order valence-corrected chi connectivity index (χ1v) is 10.7. The Hall–Kier alpha value is -2.70. The molecule has 1 aromatic heterocycles. The fraction of sp³-hybridized carbons (Fsp3) is 0.375. The van der Waals surface area contributed by atoms with Crippen LogP contribution in [-0.4, -0.2) is 35.5 Å². The lowest BCUT2D eigenvalue weighted by Gasteiger charge is -2.04. The molecule has 1 N–H and O–H groups in total. The number of aromatic nitrogens is 2. The lowest BCUT2D eigenvalue weighted by atomic mass is 10.1. The van der Waals surface area contributed by atoms with Crippen LogP contribution in [-0.2, 0) is 11.3 Å². The van der Waals surface area contributed by atoms with Crippen molar-refractivity contribution in [2.75, 3.05) is 19.7 Å². The third-order valence-corrected chi connectivity index (χ3v) is 5.41. The Kier molecular flexibility index (Phi) is 8.62. The molecule has 1 atom stereocenters. The molecule has 0 spiro atoms. The average molecular weight is 441 g/mol. The first-order valence-electron chi connectivity index (χ1n) is 10.7. The smallest absolute Gasteiger partial charge is 0.231 e. The summed E-state index contributed by atoms with van der Waals surface area (Å²) >= 11 is 0. The number of halogens is 1. The average Bonchev–Trinajstić information content (AvgIpc) is 3.49. The number of rotatable bonds is 9. The van der Waals surface area contributed by atoms with Gasteiger partial charge in [-0.25, -0.2) is 0 Å². The number of unbranched alkanes of at least 4 members (excludes halogenated alkanes) is 1. The molecule has 2 heterocycles. The molecule has 7 heteroatoms. The van der Waals surface area contributed by atoms with E-state index in [0.29, 0.717) is 18.3 Å². The van der Waals surface area contributed by atoms with Gasteiger partial charge in [0.05, 0.1) is 11.6 Å². The molecule has 0 aliphatic carbocycles. The van der Waals surface area contributed by atoms with Crippen molar-refractivity contribution in [2.24, 2.45) is 5.16 Å². The van der Waals surface area contributed by atoms with Crippen molar-refractivity contribution in [3.63, 3.8) is 0 Å². The lowest BCUT2D eigenvalue weighted by molar-refractivity contribution is 0.140. The van der Waals surface area contributed by atoms with E-state index in [2.05, 4.69) is 44.9 Å². The van der Waals surface area contributed by atoms with Crippen molar-refractivity contribution in [2.45, 2.75) is 38.5 Å². The second-order valence-corrected chi connectivity index (χ2v) is 7.68. The highest BCUT2D eigenvalue weighted by atomic mass is 35.5. The normalized spacial score (nSPS) is 16.2. The molecule has 4 rings (SSSR count). The standard InChI is InChI=1S/C24H28N4O2.ClH/c1-18(27-29-16-6-5-9-19-7-3-2-4-8-19)20-10-12-21(13-11-20)23-26-24(30-28-23)22-14-15-25-17-22;/h2-4,7-8,10-13,22,25H,5-6,9,14-17H2,1H3;1H/t22-;/m1./s1. The van der Waals surface area contributed by atoms with Crippen molar-refractivity contribution in [1.82, 2.24) is 15.5 Å². The first kappa shape index (κ1) is 23.0. The minimum absolute atomic E-state index is 0. The number of hydrogen-bond donors (Lipinski definition) is 1. The molecule has 0 unspecified atom stereocenters. The highest BCUT2D eigenvalue weighted by Crippen LogP contribution is 2.24. The quantitative estimate of drug-likeness (QED) is 0.288. The predicted octanol–water partition coefficient (Wildman–Crippen LogP) is 5.00. The SMILES string of the molecule is CC(=NOCCCCc1ccccc1)c1ccc(-c2noc([C@@H]3CCNC3)n2)cc1.Cl. The maximum absolute atomic E-state index is 5.51. The Morgan fingerprint density at radius 1 is 1.13 bits per heavy atom. The van der Waals surface area contributed by atoms with Gasteiger partial charge in [-0.15, -0.1) is 12.4 Å². The van der Waals surface area contributed by atoms with Gasteiger partial charge < -0.3 is 14.7 Å². The number of oxime groups is 1. The molecule has 1 aliphatic heterocycles. The Bertz CT molecular complexity index is 951. The number of nitrogens with zero attached hydrogens (tertiary/aromatic N) is 3. The van der Waals surface area contributed by atoms with E-state index in [4.69, 9.17) is 9.36 Å². The third-order valence-electron chi connectivity index (χ3n) is 5.41. The van der Waals surface area contributed by atoms with Crippen LogP contribution in [0.3, 0.4) is 0 Å². The topological polar surface area (TPSA) is 72.5 Å². The fourth-order valence-electron chi connectivity index (χ4n) is 3.58. The van der Waals surface area contributed by atoms with Crippen LogP contribution in [0.2, 0.25) is 0 Å². The molecule has 0 radical (unpaired) electrons. The number of hydrogen-bond acceptors (Lipinski definition) is 6. The molecule has 0 amide bonds. The number of aryl methyl sites for hydroxylation is 1. The van der Waals surface area contributed by atoms with Crippen LogP contribution in [0.5, 0.6) is 0 Å². The van der Waals surface area contributed by atoms with E-state index < -0.39 is 0 Å². The molecule has 2 aromatic carbocycles. The van der Waals surface area contributed by atoms with E-state index in [1.165, 1.54) is 5.56 Å². The highest BCUT2D eigenvalue weighted by molar-refractivity contribution is 5.98. The van der Waals surface area contributed by atoms with E-state index in [0.717, 1.165) is 61.5 Å². The summed E-state index contributed by atoms with van der Waals surface area (Å²) in [5, 5.41) is 11.7. The molecule has 31 heavy (non-hydrogen) atoms. The Balaban J connectivity index is 0.00000272. The largest absolute Gasteiger partial charge is 0.396 e. The summed E-state index contributed by atoms with van der Waals surface area (Å²) in [4.78, 5) is 10.1. The van der Waals surface area contributed by atoms with Crippen LogP contribution in [0.4, 0.5) is 0 Å². The highest BCUT2D eigenvalue weighted by Gasteiger charge is 2.23. The summed E-state index contributed by atoms with van der Waals surface area (Å²) in [6.45, 7) is 4.50. The van der Waals surface area contributed by atoms with Crippen molar-refractivity contribution in [1.29, 1.82) is 0 Å².